The highest BCUT2D eigenvalue weighted by Crippen LogP contribution is 2.19. The van der Waals surface area contributed by atoms with E-state index in [1.54, 1.807) is 0 Å². The zero-order valence-corrected chi connectivity index (χ0v) is 55.8. The Labute approximate surface area is 513 Å². The van der Waals surface area contributed by atoms with Crippen LogP contribution in [0.1, 0.15) is 425 Å². The minimum absolute atomic E-state index is 0.0658. The van der Waals surface area contributed by atoms with Gasteiger partial charge in [0.05, 0.1) is 0 Å². The highest BCUT2D eigenvalue weighted by molar-refractivity contribution is 5.71. The first-order chi connectivity index (χ1) is 40.5. The Morgan fingerprint density at radius 1 is 0.232 bits per heavy atom. The molecule has 0 radical (unpaired) electrons. The molecule has 0 rings (SSSR count). The molecule has 0 aromatic carbocycles. The summed E-state index contributed by atoms with van der Waals surface area (Å²) in [6.07, 6.45) is 87.9. The van der Waals surface area contributed by atoms with Crippen LogP contribution in [0.25, 0.3) is 0 Å². The van der Waals surface area contributed by atoms with Crippen molar-refractivity contribution in [2.45, 2.75) is 431 Å². The average molecular weight is 1150 g/mol. The van der Waals surface area contributed by atoms with Crippen molar-refractivity contribution in [2.24, 2.45) is 0 Å². The molecule has 484 valence electrons. The number of carbonyl (C=O) groups is 3. The van der Waals surface area contributed by atoms with Crippen molar-refractivity contribution in [2.75, 3.05) is 13.2 Å². The third-order valence-electron chi connectivity index (χ3n) is 17.2. The predicted molar refractivity (Wildman–Crippen MR) is 358 cm³/mol. The van der Waals surface area contributed by atoms with E-state index in [0.717, 1.165) is 57.8 Å². The fraction of sp³-hybridized carbons (Fsp3) is 0.908. The van der Waals surface area contributed by atoms with Gasteiger partial charge in [0.15, 0.2) is 6.10 Å². The molecule has 0 fully saturated rings. The first kappa shape index (κ1) is 79.9. The van der Waals surface area contributed by atoms with Crippen molar-refractivity contribution in [3.63, 3.8) is 0 Å². The molecule has 0 heterocycles. The van der Waals surface area contributed by atoms with Gasteiger partial charge in [-0.3, -0.25) is 14.4 Å². The highest BCUT2D eigenvalue weighted by atomic mass is 16.6. The van der Waals surface area contributed by atoms with Crippen molar-refractivity contribution < 1.29 is 28.6 Å². The molecule has 0 saturated carbocycles. The smallest absolute Gasteiger partial charge is 0.306 e. The molecule has 0 aromatic rings. The Bertz CT molecular complexity index is 1320. The van der Waals surface area contributed by atoms with E-state index in [-0.39, 0.29) is 31.1 Å². The molecule has 0 aliphatic rings. The molecule has 0 aromatic heterocycles. The van der Waals surface area contributed by atoms with E-state index in [1.165, 1.54) is 327 Å². The number of hydrogen-bond acceptors (Lipinski definition) is 6. The number of allylic oxidation sites excluding steroid dienone is 4. The summed E-state index contributed by atoms with van der Waals surface area (Å²) in [5.41, 5.74) is 0. The maximum absolute atomic E-state index is 13.0. The Balaban J connectivity index is 4.21. The third-order valence-corrected chi connectivity index (χ3v) is 17.2. The lowest BCUT2D eigenvalue weighted by molar-refractivity contribution is -0.167. The summed E-state index contributed by atoms with van der Waals surface area (Å²) in [7, 11) is 0. The van der Waals surface area contributed by atoms with Crippen molar-refractivity contribution in [1.82, 2.24) is 0 Å². The van der Waals surface area contributed by atoms with Gasteiger partial charge in [0, 0.05) is 19.3 Å². The van der Waals surface area contributed by atoms with E-state index in [9.17, 15) is 14.4 Å². The van der Waals surface area contributed by atoms with Gasteiger partial charge in [0.2, 0.25) is 0 Å². The van der Waals surface area contributed by atoms with Crippen LogP contribution in [0.2, 0.25) is 0 Å². The van der Waals surface area contributed by atoms with Crippen molar-refractivity contribution in [3.05, 3.63) is 24.3 Å². The summed E-state index contributed by atoms with van der Waals surface area (Å²) in [6, 6.07) is 0. The number of ether oxygens (including phenoxy) is 3. The van der Waals surface area contributed by atoms with E-state index < -0.39 is 6.10 Å². The molecule has 1 atom stereocenters. The Morgan fingerprint density at radius 3 is 0.610 bits per heavy atom. The van der Waals surface area contributed by atoms with E-state index in [2.05, 4.69) is 45.1 Å². The summed E-state index contributed by atoms with van der Waals surface area (Å²) < 4.78 is 17.0. The third kappa shape index (κ3) is 68.7. The van der Waals surface area contributed by atoms with Gasteiger partial charge in [0.25, 0.3) is 0 Å². The van der Waals surface area contributed by atoms with Crippen LogP contribution in [-0.4, -0.2) is 37.2 Å². The topological polar surface area (TPSA) is 78.9 Å². The SMILES string of the molecule is CCCCCCCC/C=C\CCCCCCCCCC(=O)OCC(COC(=O)CCCCCCCCCCCCCCCCCCC/C=C\CCCCCCCCCC)OC(=O)CCCCCCCCCCCCCCCCCCCC. The molecule has 0 amide bonds. The number of esters is 3. The number of rotatable bonds is 70. The summed E-state index contributed by atoms with van der Waals surface area (Å²) in [5.74, 6) is -0.834. The summed E-state index contributed by atoms with van der Waals surface area (Å²) in [5, 5.41) is 0. The van der Waals surface area contributed by atoms with Crippen LogP contribution in [0, 0.1) is 0 Å². The second-order valence-electron chi connectivity index (χ2n) is 25.6. The maximum Gasteiger partial charge on any atom is 0.306 e. The van der Waals surface area contributed by atoms with Gasteiger partial charge in [-0.1, -0.05) is 360 Å². The zero-order valence-electron chi connectivity index (χ0n) is 55.8. The van der Waals surface area contributed by atoms with E-state index in [4.69, 9.17) is 14.2 Å². The summed E-state index contributed by atoms with van der Waals surface area (Å²) in [4.78, 5) is 38.5. The molecule has 0 saturated heterocycles. The molecule has 6 nitrogen and oxygen atoms in total. The molecule has 6 heteroatoms. The Kier molecular flexibility index (Phi) is 69.5. The van der Waals surface area contributed by atoms with Gasteiger partial charge < -0.3 is 14.2 Å². The Hall–Kier alpha value is -2.11. The van der Waals surface area contributed by atoms with E-state index in [1.807, 2.05) is 0 Å². The summed E-state index contributed by atoms with van der Waals surface area (Å²) in [6.45, 7) is 6.72. The molecule has 0 N–H and O–H groups in total. The van der Waals surface area contributed by atoms with Crippen molar-refractivity contribution >= 4 is 17.9 Å². The predicted octanol–water partition coefficient (Wildman–Crippen LogP) is 25.7. The van der Waals surface area contributed by atoms with Crippen molar-refractivity contribution in [1.29, 1.82) is 0 Å². The van der Waals surface area contributed by atoms with Crippen LogP contribution in [-0.2, 0) is 28.6 Å². The van der Waals surface area contributed by atoms with Crippen LogP contribution in [0.15, 0.2) is 24.3 Å². The zero-order chi connectivity index (χ0) is 59.2. The second-order valence-corrected chi connectivity index (χ2v) is 25.6. The van der Waals surface area contributed by atoms with Crippen LogP contribution < -0.4 is 0 Å². The van der Waals surface area contributed by atoms with Gasteiger partial charge in [-0.2, -0.15) is 0 Å². The average Bonchev–Trinajstić information content (AvgIpc) is 3.47. The monoisotopic (exact) mass is 1150 g/mol. The van der Waals surface area contributed by atoms with Gasteiger partial charge in [-0.25, -0.2) is 0 Å². The normalized spacial score (nSPS) is 12.1. The van der Waals surface area contributed by atoms with Crippen LogP contribution >= 0.6 is 0 Å². The molecule has 0 spiro atoms. The minimum Gasteiger partial charge on any atom is -0.462 e. The lowest BCUT2D eigenvalue weighted by Crippen LogP contribution is -2.30. The van der Waals surface area contributed by atoms with Crippen LogP contribution in [0.4, 0.5) is 0 Å². The molecule has 0 aliphatic heterocycles. The first-order valence-corrected chi connectivity index (χ1v) is 37.3. The van der Waals surface area contributed by atoms with Gasteiger partial charge in [0.1, 0.15) is 13.2 Å². The largest absolute Gasteiger partial charge is 0.462 e. The summed E-state index contributed by atoms with van der Waals surface area (Å²) >= 11 is 0. The minimum atomic E-state index is -0.770. The number of hydrogen-bond donors (Lipinski definition) is 0. The molecular weight excluding hydrogens is 1010 g/mol. The van der Waals surface area contributed by atoms with Crippen molar-refractivity contribution in [3.8, 4) is 0 Å². The fourth-order valence-electron chi connectivity index (χ4n) is 11.6. The lowest BCUT2D eigenvalue weighted by atomic mass is 10.0. The molecular formula is C76H144O6. The molecule has 1 unspecified atom stereocenters. The lowest BCUT2D eigenvalue weighted by Gasteiger charge is -2.18. The van der Waals surface area contributed by atoms with Gasteiger partial charge >= 0.3 is 17.9 Å². The van der Waals surface area contributed by atoms with Gasteiger partial charge in [-0.05, 0) is 70.6 Å². The highest BCUT2D eigenvalue weighted by Gasteiger charge is 2.20. The van der Waals surface area contributed by atoms with E-state index in [0.29, 0.717) is 19.3 Å². The standard InChI is InChI=1S/C76H144O6/c1-4-7-10-13-16-19-22-25-28-31-33-34-35-36-37-38-39-40-41-42-43-46-48-51-54-57-60-63-66-69-75(78)81-72-73(71-80-74(77)68-65-62-59-56-53-50-47-44-30-27-24-21-18-15-12-9-6-3)82-76(79)70-67-64-61-58-55-52-49-45-32-29-26-23-20-17-14-11-8-5-2/h27,30-31,33,73H,4-26,28-29,32,34-72H2,1-3H3/b30-27-,33-31-. The number of unbranched alkanes of at least 4 members (excludes halogenated alkanes) is 55. The maximum atomic E-state index is 13.0. The second kappa shape index (κ2) is 71.4. The Morgan fingerprint density at radius 2 is 0.402 bits per heavy atom. The fourth-order valence-corrected chi connectivity index (χ4v) is 11.6. The molecule has 0 bridgehead atoms. The molecule has 0 aliphatic carbocycles. The van der Waals surface area contributed by atoms with Gasteiger partial charge in [-0.15, -0.1) is 0 Å². The first-order valence-electron chi connectivity index (χ1n) is 37.3. The quantitative estimate of drug-likeness (QED) is 0.0261. The van der Waals surface area contributed by atoms with Crippen LogP contribution in [0.5, 0.6) is 0 Å². The van der Waals surface area contributed by atoms with Crippen LogP contribution in [0.3, 0.4) is 0 Å². The van der Waals surface area contributed by atoms with E-state index >= 15 is 0 Å². The number of carbonyl (C=O) groups excluding carboxylic acids is 3. The molecule has 82 heavy (non-hydrogen) atoms.